The molecule has 0 fully saturated rings. The minimum atomic E-state index is -0.848. The second kappa shape index (κ2) is 5.29. The Balaban J connectivity index is 2.73. The lowest BCUT2D eigenvalue weighted by molar-refractivity contribution is -0.151. The molecule has 0 aliphatic rings. The van der Waals surface area contributed by atoms with Gasteiger partial charge >= 0.3 is 5.97 Å². The highest BCUT2D eigenvalue weighted by molar-refractivity contribution is 6.30. The van der Waals surface area contributed by atoms with Crippen LogP contribution < -0.4 is 5.32 Å². The molecule has 0 aliphatic carbocycles. The number of hydrogen-bond acceptors (Lipinski definition) is 2. The predicted molar refractivity (Wildman–Crippen MR) is 73.8 cm³/mol. The Morgan fingerprint density at radius 2 is 1.72 bits per heavy atom. The van der Waals surface area contributed by atoms with E-state index in [9.17, 15) is 9.90 Å². The molecule has 1 rings (SSSR count). The van der Waals surface area contributed by atoms with Crippen molar-refractivity contribution in [2.24, 2.45) is 5.41 Å². The third-order valence-corrected chi connectivity index (χ3v) is 4.00. The van der Waals surface area contributed by atoms with Crippen molar-refractivity contribution in [1.82, 2.24) is 5.32 Å². The Bertz CT molecular complexity index is 424. The number of benzene rings is 1. The van der Waals surface area contributed by atoms with E-state index in [0.29, 0.717) is 11.6 Å². The van der Waals surface area contributed by atoms with Crippen LogP contribution in [0.2, 0.25) is 5.02 Å². The van der Waals surface area contributed by atoms with Gasteiger partial charge in [0.15, 0.2) is 0 Å². The van der Waals surface area contributed by atoms with Crippen molar-refractivity contribution >= 4 is 17.6 Å². The molecule has 3 nitrogen and oxygen atoms in total. The lowest BCUT2D eigenvalue weighted by atomic mass is 9.74. The first-order valence-electron chi connectivity index (χ1n) is 5.90. The molecule has 0 aliphatic heterocycles. The van der Waals surface area contributed by atoms with E-state index in [4.69, 9.17) is 11.6 Å². The molecule has 0 amide bonds. The van der Waals surface area contributed by atoms with Crippen LogP contribution in [-0.2, 0) is 11.3 Å². The first-order chi connectivity index (χ1) is 8.17. The molecular weight excluding hydrogens is 250 g/mol. The monoisotopic (exact) mass is 269 g/mol. The number of carboxylic acid groups (broad SMARTS) is 1. The van der Waals surface area contributed by atoms with Crippen LogP contribution in [0.3, 0.4) is 0 Å². The molecule has 4 heteroatoms. The van der Waals surface area contributed by atoms with Gasteiger partial charge in [-0.25, -0.2) is 0 Å². The molecular formula is C14H20ClNO2. The van der Waals surface area contributed by atoms with Crippen LogP contribution in [0.25, 0.3) is 0 Å². The molecule has 0 aromatic heterocycles. The van der Waals surface area contributed by atoms with Crippen LogP contribution in [-0.4, -0.2) is 16.6 Å². The highest BCUT2D eigenvalue weighted by atomic mass is 35.5. The maximum absolute atomic E-state index is 11.3. The van der Waals surface area contributed by atoms with Crippen LogP contribution in [0.1, 0.15) is 33.3 Å². The van der Waals surface area contributed by atoms with Gasteiger partial charge in [0, 0.05) is 17.1 Å². The molecule has 18 heavy (non-hydrogen) atoms. The first-order valence-corrected chi connectivity index (χ1v) is 6.27. The van der Waals surface area contributed by atoms with Crippen LogP contribution in [0.15, 0.2) is 24.3 Å². The quantitative estimate of drug-likeness (QED) is 0.862. The van der Waals surface area contributed by atoms with Crippen molar-refractivity contribution in [2.45, 2.75) is 39.8 Å². The van der Waals surface area contributed by atoms with Gasteiger partial charge in [0.25, 0.3) is 0 Å². The van der Waals surface area contributed by atoms with Crippen molar-refractivity contribution in [3.05, 3.63) is 34.9 Å². The molecule has 1 aromatic rings. The summed E-state index contributed by atoms with van der Waals surface area (Å²) in [5.74, 6) is -0.809. The van der Waals surface area contributed by atoms with E-state index in [2.05, 4.69) is 5.32 Å². The SMILES string of the molecule is CC(C)(NCc1ccc(Cl)cc1)C(C)(C)C(=O)O. The Morgan fingerprint density at radius 3 is 2.17 bits per heavy atom. The highest BCUT2D eigenvalue weighted by Crippen LogP contribution is 2.31. The molecule has 0 saturated heterocycles. The zero-order valence-corrected chi connectivity index (χ0v) is 12.0. The van der Waals surface area contributed by atoms with Crippen molar-refractivity contribution in [2.75, 3.05) is 0 Å². The van der Waals surface area contributed by atoms with E-state index in [1.54, 1.807) is 13.8 Å². The lowest BCUT2D eigenvalue weighted by Gasteiger charge is -2.39. The van der Waals surface area contributed by atoms with Crippen molar-refractivity contribution in [1.29, 1.82) is 0 Å². The summed E-state index contributed by atoms with van der Waals surface area (Å²) < 4.78 is 0. The summed E-state index contributed by atoms with van der Waals surface area (Å²) in [4.78, 5) is 11.3. The van der Waals surface area contributed by atoms with Gasteiger partial charge in [-0.3, -0.25) is 4.79 Å². The number of aliphatic carboxylic acids is 1. The van der Waals surface area contributed by atoms with E-state index >= 15 is 0 Å². The zero-order valence-electron chi connectivity index (χ0n) is 11.2. The van der Waals surface area contributed by atoms with Crippen LogP contribution in [0, 0.1) is 5.41 Å². The smallest absolute Gasteiger partial charge is 0.310 e. The van der Waals surface area contributed by atoms with Crippen molar-refractivity contribution in [3.63, 3.8) is 0 Å². The van der Waals surface area contributed by atoms with Gasteiger partial charge in [0.05, 0.1) is 5.41 Å². The Hall–Kier alpha value is -1.06. The van der Waals surface area contributed by atoms with Gasteiger partial charge in [-0.2, -0.15) is 0 Å². The van der Waals surface area contributed by atoms with E-state index < -0.39 is 16.9 Å². The lowest BCUT2D eigenvalue weighted by Crippen LogP contribution is -2.54. The van der Waals surface area contributed by atoms with E-state index in [0.717, 1.165) is 5.56 Å². The fourth-order valence-electron chi connectivity index (χ4n) is 1.41. The Kier molecular flexibility index (Phi) is 4.41. The first kappa shape index (κ1) is 15.0. The standard InChI is InChI=1S/C14H20ClNO2/c1-13(2,12(17)18)14(3,4)16-9-10-5-7-11(15)8-6-10/h5-8,16H,9H2,1-4H3,(H,17,18). The molecule has 0 heterocycles. The van der Waals surface area contributed by atoms with Crippen LogP contribution in [0.5, 0.6) is 0 Å². The number of rotatable bonds is 5. The molecule has 1 aromatic carbocycles. The third-order valence-electron chi connectivity index (χ3n) is 3.74. The molecule has 100 valence electrons. The van der Waals surface area contributed by atoms with Gasteiger partial charge in [0.1, 0.15) is 0 Å². The van der Waals surface area contributed by atoms with Gasteiger partial charge in [-0.1, -0.05) is 23.7 Å². The van der Waals surface area contributed by atoms with Gasteiger partial charge < -0.3 is 10.4 Å². The number of nitrogens with one attached hydrogen (secondary N) is 1. The second-order valence-electron chi connectivity index (χ2n) is 5.54. The summed E-state index contributed by atoms with van der Waals surface area (Å²) in [6.07, 6.45) is 0. The number of carboxylic acids is 1. The van der Waals surface area contributed by atoms with E-state index in [-0.39, 0.29) is 0 Å². The summed E-state index contributed by atoms with van der Waals surface area (Å²) >= 11 is 5.82. The summed E-state index contributed by atoms with van der Waals surface area (Å²) in [6.45, 7) is 7.86. The highest BCUT2D eigenvalue weighted by Gasteiger charge is 2.42. The second-order valence-corrected chi connectivity index (χ2v) is 5.97. The minimum absolute atomic E-state index is 0.515. The third kappa shape index (κ3) is 3.24. The predicted octanol–water partition coefficient (Wildman–Crippen LogP) is 3.32. The number of halogens is 1. The summed E-state index contributed by atoms with van der Waals surface area (Å²) in [6, 6.07) is 7.51. The molecule has 0 radical (unpaired) electrons. The minimum Gasteiger partial charge on any atom is -0.481 e. The summed E-state index contributed by atoms with van der Waals surface area (Å²) in [5, 5.41) is 13.2. The molecule has 2 N–H and O–H groups in total. The number of carbonyl (C=O) groups is 1. The average molecular weight is 270 g/mol. The largest absolute Gasteiger partial charge is 0.481 e. The topological polar surface area (TPSA) is 49.3 Å². The van der Waals surface area contributed by atoms with Gasteiger partial charge in [-0.05, 0) is 45.4 Å². The molecule has 0 unspecified atom stereocenters. The van der Waals surface area contributed by atoms with Crippen molar-refractivity contribution in [3.8, 4) is 0 Å². The molecule has 0 atom stereocenters. The fraction of sp³-hybridized carbons (Fsp3) is 0.500. The maximum Gasteiger partial charge on any atom is 0.310 e. The normalized spacial score (nSPS) is 12.5. The van der Waals surface area contributed by atoms with E-state index in [1.807, 2.05) is 38.1 Å². The Labute approximate surface area is 113 Å². The number of hydrogen-bond donors (Lipinski definition) is 2. The van der Waals surface area contributed by atoms with Crippen LogP contribution >= 0.6 is 11.6 Å². The van der Waals surface area contributed by atoms with Gasteiger partial charge in [0.2, 0.25) is 0 Å². The van der Waals surface area contributed by atoms with Crippen LogP contribution in [0.4, 0.5) is 0 Å². The molecule has 0 spiro atoms. The maximum atomic E-state index is 11.3. The summed E-state index contributed by atoms with van der Waals surface area (Å²) in [5.41, 5.74) is -0.286. The average Bonchev–Trinajstić information content (AvgIpc) is 2.28. The van der Waals surface area contributed by atoms with Gasteiger partial charge in [-0.15, -0.1) is 0 Å². The Morgan fingerprint density at radius 1 is 1.22 bits per heavy atom. The summed E-state index contributed by atoms with van der Waals surface area (Å²) in [7, 11) is 0. The van der Waals surface area contributed by atoms with Crippen molar-refractivity contribution < 1.29 is 9.90 Å². The molecule has 0 saturated carbocycles. The zero-order chi connectivity index (χ0) is 14.0. The molecule has 0 bridgehead atoms. The van der Waals surface area contributed by atoms with E-state index in [1.165, 1.54) is 0 Å². The fourth-order valence-corrected chi connectivity index (χ4v) is 1.54.